The van der Waals surface area contributed by atoms with Gasteiger partial charge in [0.25, 0.3) is 0 Å². The van der Waals surface area contributed by atoms with Crippen LogP contribution in [-0.2, 0) is 24.4 Å². The van der Waals surface area contributed by atoms with Gasteiger partial charge in [0.05, 0.1) is 5.25 Å². The van der Waals surface area contributed by atoms with Crippen molar-refractivity contribution in [2.45, 2.75) is 63.6 Å². The zero-order valence-corrected chi connectivity index (χ0v) is 20.4. The molecule has 1 aromatic heterocycles. The molecule has 2 aromatic carbocycles. The largest absolute Gasteiger partial charge is 0.486 e. The molecule has 0 spiro atoms. The van der Waals surface area contributed by atoms with E-state index in [9.17, 15) is 4.79 Å². The molecule has 1 amide bonds. The van der Waals surface area contributed by atoms with E-state index < -0.39 is 0 Å². The van der Waals surface area contributed by atoms with Crippen molar-refractivity contribution >= 4 is 23.4 Å². The second-order valence-corrected chi connectivity index (χ2v) is 10.1. The summed E-state index contributed by atoms with van der Waals surface area (Å²) in [5.41, 5.74) is 2.29. The average Bonchev–Trinajstić information content (AvgIpc) is 3.22. The van der Waals surface area contributed by atoms with Crippen LogP contribution in [0.4, 0.5) is 5.69 Å². The smallest absolute Gasteiger partial charge is 0.240 e. The van der Waals surface area contributed by atoms with Crippen molar-refractivity contribution in [3.05, 3.63) is 66.0 Å². The van der Waals surface area contributed by atoms with Gasteiger partial charge in [-0.05, 0) is 55.9 Å². The van der Waals surface area contributed by atoms with Crippen LogP contribution >= 0.6 is 11.8 Å². The van der Waals surface area contributed by atoms with Crippen LogP contribution in [0.15, 0.2) is 59.8 Å². The van der Waals surface area contributed by atoms with Gasteiger partial charge in [0.15, 0.2) is 11.0 Å². The molecule has 3 aromatic rings. The highest BCUT2D eigenvalue weighted by atomic mass is 32.2. The van der Waals surface area contributed by atoms with Gasteiger partial charge in [-0.3, -0.25) is 4.79 Å². The number of aromatic nitrogens is 3. The number of benzene rings is 2. The van der Waals surface area contributed by atoms with Crippen molar-refractivity contribution < 1.29 is 9.53 Å². The van der Waals surface area contributed by atoms with Crippen molar-refractivity contribution in [1.29, 1.82) is 0 Å². The summed E-state index contributed by atoms with van der Waals surface area (Å²) < 4.78 is 8.04. The van der Waals surface area contributed by atoms with E-state index in [1.807, 2.05) is 60.4 Å². The molecule has 33 heavy (non-hydrogen) atoms. The Hall–Kier alpha value is -2.80. The second kappa shape index (κ2) is 10.9. The Bertz CT molecular complexity index is 1070. The molecule has 174 valence electrons. The number of thioether (sulfide) groups is 1. The van der Waals surface area contributed by atoms with E-state index in [4.69, 9.17) is 4.74 Å². The third-order valence-electron chi connectivity index (χ3n) is 5.84. The molecule has 0 saturated carbocycles. The molecule has 0 saturated heterocycles. The third-order valence-corrected chi connectivity index (χ3v) is 6.91. The van der Waals surface area contributed by atoms with Gasteiger partial charge in [0.2, 0.25) is 5.91 Å². The van der Waals surface area contributed by atoms with Gasteiger partial charge in [-0.15, -0.1) is 10.2 Å². The molecule has 0 N–H and O–H groups in total. The molecule has 0 aliphatic carbocycles. The second-order valence-electron chi connectivity index (χ2n) is 8.82. The van der Waals surface area contributed by atoms with Crippen molar-refractivity contribution in [3.63, 3.8) is 0 Å². The lowest BCUT2D eigenvalue weighted by Gasteiger charge is -2.31. The Morgan fingerprint density at radius 2 is 1.82 bits per heavy atom. The molecule has 1 unspecified atom stereocenters. The number of carbonyl (C=O) groups is 1. The van der Waals surface area contributed by atoms with Gasteiger partial charge in [-0.25, -0.2) is 0 Å². The highest BCUT2D eigenvalue weighted by Crippen LogP contribution is 2.31. The number of aryl methyl sites for hydroxylation is 1. The maximum absolute atomic E-state index is 13.4. The monoisotopic (exact) mass is 464 g/mol. The molecular weight excluding hydrogens is 432 g/mol. The summed E-state index contributed by atoms with van der Waals surface area (Å²) in [5.74, 6) is 2.26. The van der Waals surface area contributed by atoms with E-state index in [0.717, 1.165) is 54.8 Å². The first-order valence-electron chi connectivity index (χ1n) is 11.7. The molecule has 6 nitrogen and oxygen atoms in total. The van der Waals surface area contributed by atoms with Crippen molar-refractivity contribution in [3.8, 4) is 5.75 Å². The van der Waals surface area contributed by atoms with Crippen molar-refractivity contribution in [2.75, 3.05) is 11.4 Å². The number of nitrogens with zero attached hydrogens (tertiary/aromatic N) is 4. The van der Waals surface area contributed by atoms with Crippen LogP contribution in [0.5, 0.6) is 5.75 Å². The number of hydrogen-bond acceptors (Lipinski definition) is 5. The quantitative estimate of drug-likeness (QED) is 0.399. The van der Waals surface area contributed by atoms with E-state index in [0.29, 0.717) is 12.5 Å². The molecule has 0 fully saturated rings. The fourth-order valence-electron chi connectivity index (χ4n) is 3.98. The van der Waals surface area contributed by atoms with Crippen LogP contribution in [0.25, 0.3) is 0 Å². The highest BCUT2D eigenvalue weighted by molar-refractivity contribution is 8.00. The van der Waals surface area contributed by atoms with E-state index in [1.54, 1.807) is 0 Å². The van der Waals surface area contributed by atoms with Crippen LogP contribution < -0.4 is 9.64 Å². The maximum Gasteiger partial charge on any atom is 0.240 e. The van der Waals surface area contributed by atoms with Crippen LogP contribution in [0.1, 0.15) is 45.0 Å². The number of rotatable bonds is 9. The number of ether oxygens (including phenoxy) is 1. The van der Waals surface area contributed by atoms with E-state index in [2.05, 4.69) is 34.7 Å². The first-order valence-corrected chi connectivity index (χ1v) is 12.6. The third kappa shape index (κ3) is 5.77. The summed E-state index contributed by atoms with van der Waals surface area (Å²) in [5, 5.41) is 9.36. The number of para-hydroxylation sites is 2. The van der Waals surface area contributed by atoms with Crippen LogP contribution in [0.2, 0.25) is 0 Å². The van der Waals surface area contributed by atoms with Gasteiger partial charge in [0.1, 0.15) is 12.4 Å². The Morgan fingerprint density at radius 1 is 1.06 bits per heavy atom. The van der Waals surface area contributed by atoms with Gasteiger partial charge in [-0.2, -0.15) is 0 Å². The molecule has 1 aliphatic heterocycles. The van der Waals surface area contributed by atoms with Crippen LogP contribution in [0.3, 0.4) is 0 Å². The summed E-state index contributed by atoms with van der Waals surface area (Å²) in [6, 6.07) is 17.9. The SMILES string of the molecule is CC(C)CCn1c(COc2ccccc2)nnc1SC(C)C(=O)N1CCCc2ccccc21. The minimum atomic E-state index is -0.263. The predicted molar refractivity (Wildman–Crippen MR) is 133 cm³/mol. The van der Waals surface area contributed by atoms with Crippen molar-refractivity contribution in [1.82, 2.24) is 14.8 Å². The molecule has 0 radical (unpaired) electrons. The number of anilines is 1. The van der Waals surface area contributed by atoms with Gasteiger partial charge in [0, 0.05) is 18.8 Å². The zero-order chi connectivity index (χ0) is 23.2. The summed E-state index contributed by atoms with van der Waals surface area (Å²) in [4.78, 5) is 15.3. The minimum Gasteiger partial charge on any atom is -0.486 e. The number of hydrogen-bond donors (Lipinski definition) is 0. The first-order chi connectivity index (χ1) is 16.0. The zero-order valence-electron chi connectivity index (χ0n) is 19.6. The normalized spacial score (nSPS) is 14.2. The lowest BCUT2D eigenvalue weighted by molar-refractivity contribution is -0.117. The summed E-state index contributed by atoms with van der Waals surface area (Å²) in [6.07, 6.45) is 3.02. The Labute approximate surface area is 200 Å². The molecule has 4 rings (SSSR count). The molecular formula is C26H32N4O2S. The first kappa shape index (κ1) is 23.4. The maximum atomic E-state index is 13.4. The average molecular weight is 465 g/mol. The summed E-state index contributed by atoms with van der Waals surface area (Å²) in [6.45, 7) is 8.28. The fourth-order valence-corrected chi connectivity index (χ4v) is 4.94. The van der Waals surface area contributed by atoms with E-state index in [-0.39, 0.29) is 11.2 Å². The number of fused-ring (bicyclic) bond motifs is 1. The van der Waals surface area contributed by atoms with Gasteiger partial charge in [-0.1, -0.05) is 62.0 Å². The van der Waals surface area contributed by atoms with Crippen LogP contribution in [0, 0.1) is 5.92 Å². The lowest BCUT2D eigenvalue weighted by Crippen LogP contribution is -2.40. The molecule has 1 aliphatic rings. The molecule has 0 bridgehead atoms. The molecule has 2 heterocycles. The number of carbonyl (C=O) groups excluding carboxylic acids is 1. The fraction of sp³-hybridized carbons (Fsp3) is 0.423. The van der Waals surface area contributed by atoms with Crippen molar-refractivity contribution in [2.24, 2.45) is 5.92 Å². The van der Waals surface area contributed by atoms with Crippen LogP contribution in [-0.4, -0.2) is 32.5 Å². The van der Waals surface area contributed by atoms with E-state index in [1.165, 1.54) is 17.3 Å². The van der Waals surface area contributed by atoms with Gasteiger partial charge < -0.3 is 14.2 Å². The summed E-state index contributed by atoms with van der Waals surface area (Å²) in [7, 11) is 0. The standard InChI is InChI=1S/C26H32N4O2S/c1-19(2)15-17-30-24(18-32-22-12-5-4-6-13-22)27-28-26(30)33-20(3)25(31)29-16-9-11-21-10-7-8-14-23(21)29/h4-8,10,12-14,19-20H,9,11,15-18H2,1-3H3. The lowest BCUT2D eigenvalue weighted by atomic mass is 10.0. The Kier molecular flexibility index (Phi) is 7.70. The topological polar surface area (TPSA) is 60.2 Å². The van der Waals surface area contributed by atoms with E-state index >= 15 is 0 Å². The summed E-state index contributed by atoms with van der Waals surface area (Å²) >= 11 is 1.48. The number of amides is 1. The minimum absolute atomic E-state index is 0.118. The highest BCUT2D eigenvalue weighted by Gasteiger charge is 2.28. The predicted octanol–water partition coefficient (Wildman–Crippen LogP) is 5.36. The van der Waals surface area contributed by atoms with Gasteiger partial charge >= 0.3 is 0 Å². The Morgan fingerprint density at radius 3 is 2.61 bits per heavy atom. The molecule has 7 heteroatoms. The molecule has 1 atom stereocenters. The Balaban J connectivity index is 1.49.